The number of rotatable bonds is 0. The summed E-state index contributed by atoms with van der Waals surface area (Å²) < 4.78 is 12.2. The Hall–Kier alpha value is -1.96. The van der Waals surface area contributed by atoms with Crippen LogP contribution < -0.4 is 9.47 Å². The van der Waals surface area contributed by atoms with Crippen LogP contribution in [0.25, 0.3) is 0 Å². The van der Waals surface area contributed by atoms with E-state index < -0.39 is 0 Å². The molecule has 0 unspecified atom stereocenters. The zero-order valence-electron chi connectivity index (χ0n) is 13.0. The van der Waals surface area contributed by atoms with Gasteiger partial charge in [0, 0.05) is 23.5 Å². The van der Waals surface area contributed by atoms with Gasteiger partial charge in [-0.05, 0) is 38.8 Å². The lowest BCUT2D eigenvalue weighted by Crippen LogP contribution is -2.36. The highest BCUT2D eigenvalue weighted by atomic mass is 16.7. The van der Waals surface area contributed by atoms with Gasteiger partial charge in [0.05, 0.1) is 0 Å². The predicted molar refractivity (Wildman–Crippen MR) is 83.3 cm³/mol. The molecule has 0 N–H and O–H groups in total. The Balaban J connectivity index is 1.97. The van der Waals surface area contributed by atoms with Gasteiger partial charge in [-0.2, -0.15) is 0 Å². The molecule has 2 aliphatic heterocycles. The summed E-state index contributed by atoms with van der Waals surface area (Å²) in [6, 6.07) is 8.91. The molecule has 0 aromatic heterocycles. The fraction of sp³-hybridized carbons (Fsp3) is 0.368. The maximum Gasteiger partial charge on any atom is 0.242 e. The topological polar surface area (TPSA) is 18.5 Å². The van der Waals surface area contributed by atoms with Crippen LogP contribution in [0.5, 0.6) is 11.5 Å². The summed E-state index contributed by atoms with van der Waals surface area (Å²) in [6.45, 7) is 8.55. The van der Waals surface area contributed by atoms with Crippen molar-refractivity contribution in [1.82, 2.24) is 0 Å². The largest absolute Gasteiger partial charge is 0.454 e. The summed E-state index contributed by atoms with van der Waals surface area (Å²) in [6.07, 6.45) is 0.754. The lowest BCUT2D eigenvalue weighted by Gasteiger charge is -2.39. The van der Waals surface area contributed by atoms with Gasteiger partial charge in [-0.25, -0.2) is 0 Å². The van der Waals surface area contributed by atoms with Gasteiger partial charge in [0.25, 0.3) is 0 Å². The number of benzene rings is 2. The highest BCUT2D eigenvalue weighted by Crippen LogP contribution is 2.49. The maximum atomic E-state index is 6.11. The number of fused-ring (bicyclic) bond motifs is 6. The first-order valence-corrected chi connectivity index (χ1v) is 7.58. The Labute approximate surface area is 125 Å². The number of ether oxygens (including phenoxy) is 2. The van der Waals surface area contributed by atoms with Crippen molar-refractivity contribution in [2.75, 3.05) is 0 Å². The van der Waals surface area contributed by atoms with Gasteiger partial charge in [0.2, 0.25) is 6.29 Å². The minimum atomic E-state index is -0.155. The molecule has 2 nitrogen and oxygen atoms in total. The molecule has 2 bridgehead atoms. The van der Waals surface area contributed by atoms with E-state index in [0.717, 1.165) is 17.9 Å². The van der Waals surface area contributed by atoms with Gasteiger partial charge in [0.15, 0.2) is 0 Å². The summed E-state index contributed by atoms with van der Waals surface area (Å²) in [5, 5.41) is 0. The van der Waals surface area contributed by atoms with Crippen LogP contribution in [0.2, 0.25) is 0 Å². The fourth-order valence-electron chi connectivity index (χ4n) is 3.81. The van der Waals surface area contributed by atoms with E-state index in [1.54, 1.807) is 0 Å². The molecular weight excluding hydrogens is 260 g/mol. The third-order valence-corrected chi connectivity index (χ3v) is 4.57. The molecule has 0 saturated carbocycles. The summed E-state index contributed by atoms with van der Waals surface area (Å²) in [7, 11) is 0. The Morgan fingerprint density at radius 1 is 0.762 bits per heavy atom. The van der Waals surface area contributed by atoms with Gasteiger partial charge >= 0.3 is 0 Å². The van der Waals surface area contributed by atoms with Crippen LogP contribution in [0.4, 0.5) is 0 Å². The molecule has 0 aliphatic carbocycles. The van der Waals surface area contributed by atoms with Crippen LogP contribution in [0.3, 0.4) is 0 Å². The van der Waals surface area contributed by atoms with Crippen LogP contribution >= 0.6 is 0 Å². The molecule has 0 saturated heterocycles. The molecule has 0 fully saturated rings. The zero-order valence-corrected chi connectivity index (χ0v) is 13.0. The van der Waals surface area contributed by atoms with E-state index in [0.29, 0.717) is 5.92 Å². The molecule has 108 valence electrons. The quantitative estimate of drug-likeness (QED) is 0.704. The zero-order chi connectivity index (χ0) is 14.7. The predicted octanol–water partition coefficient (Wildman–Crippen LogP) is 4.55. The highest BCUT2D eigenvalue weighted by molar-refractivity contribution is 5.56. The van der Waals surface area contributed by atoms with Gasteiger partial charge in [-0.15, -0.1) is 0 Å². The molecule has 4 rings (SSSR count). The summed E-state index contributed by atoms with van der Waals surface area (Å²) in [5.41, 5.74) is 7.64. The molecule has 2 aliphatic rings. The Morgan fingerprint density at radius 3 is 1.71 bits per heavy atom. The average molecular weight is 280 g/mol. The van der Waals surface area contributed by atoms with Crippen molar-refractivity contribution in [3.63, 3.8) is 0 Å². The third kappa shape index (κ3) is 1.85. The monoisotopic (exact) mass is 280 g/mol. The number of hydrogen-bond donors (Lipinski definition) is 0. The van der Waals surface area contributed by atoms with E-state index in [-0.39, 0.29) is 6.29 Å². The van der Waals surface area contributed by atoms with E-state index in [1.807, 2.05) is 0 Å². The Kier molecular flexibility index (Phi) is 2.59. The first kappa shape index (κ1) is 12.8. The van der Waals surface area contributed by atoms with Crippen molar-refractivity contribution >= 4 is 0 Å². The fourth-order valence-corrected chi connectivity index (χ4v) is 3.81. The van der Waals surface area contributed by atoms with Gasteiger partial charge < -0.3 is 9.47 Å². The molecule has 0 atom stereocenters. The van der Waals surface area contributed by atoms with E-state index >= 15 is 0 Å². The smallest absolute Gasteiger partial charge is 0.242 e. The Morgan fingerprint density at radius 2 is 1.24 bits per heavy atom. The van der Waals surface area contributed by atoms with E-state index in [9.17, 15) is 0 Å². The van der Waals surface area contributed by atoms with E-state index in [4.69, 9.17) is 9.47 Å². The summed E-state index contributed by atoms with van der Waals surface area (Å²) >= 11 is 0. The van der Waals surface area contributed by atoms with Gasteiger partial charge in [-0.1, -0.05) is 35.4 Å². The first-order chi connectivity index (χ1) is 10.0. The minimum Gasteiger partial charge on any atom is -0.454 e. The van der Waals surface area contributed by atoms with Crippen LogP contribution in [-0.4, -0.2) is 6.29 Å². The van der Waals surface area contributed by atoms with Crippen LogP contribution in [0.15, 0.2) is 24.3 Å². The third-order valence-electron chi connectivity index (χ3n) is 4.57. The SMILES string of the molecule is Cc1cc(C)c2c(c1)C1CC(O2)Oc2c(C)cc(C)cc21. The van der Waals surface area contributed by atoms with Crippen molar-refractivity contribution in [1.29, 1.82) is 0 Å². The molecule has 2 aromatic carbocycles. The van der Waals surface area contributed by atoms with Crippen molar-refractivity contribution in [3.8, 4) is 11.5 Å². The normalized spacial score (nSPS) is 21.9. The van der Waals surface area contributed by atoms with Crippen molar-refractivity contribution in [2.24, 2.45) is 0 Å². The minimum absolute atomic E-state index is 0.155. The van der Waals surface area contributed by atoms with Crippen molar-refractivity contribution in [3.05, 3.63) is 57.6 Å². The number of hydrogen-bond acceptors (Lipinski definition) is 2. The maximum absolute atomic E-state index is 6.11. The lowest BCUT2D eigenvalue weighted by atomic mass is 9.81. The first-order valence-electron chi connectivity index (χ1n) is 7.58. The summed E-state index contributed by atoms with van der Waals surface area (Å²) in [4.78, 5) is 0. The molecule has 0 radical (unpaired) electrons. The Bertz CT molecular complexity index is 684. The molecule has 2 heterocycles. The molecule has 21 heavy (non-hydrogen) atoms. The van der Waals surface area contributed by atoms with E-state index in [2.05, 4.69) is 52.0 Å². The number of aryl methyl sites for hydroxylation is 4. The highest BCUT2D eigenvalue weighted by Gasteiger charge is 2.38. The van der Waals surface area contributed by atoms with Crippen LogP contribution in [0, 0.1) is 27.7 Å². The lowest BCUT2D eigenvalue weighted by molar-refractivity contribution is -0.0275. The van der Waals surface area contributed by atoms with Crippen molar-refractivity contribution < 1.29 is 9.47 Å². The molecule has 2 aromatic rings. The average Bonchev–Trinajstić information content (AvgIpc) is 2.41. The van der Waals surface area contributed by atoms with E-state index in [1.165, 1.54) is 33.4 Å². The second kappa shape index (κ2) is 4.27. The molecule has 0 amide bonds. The van der Waals surface area contributed by atoms with Gasteiger partial charge in [0.1, 0.15) is 11.5 Å². The molecule has 2 heteroatoms. The van der Waals surface area contributed by atoms with Crippen LogP contribution in [0.1, 0.15) is 45.7 Å². The molecular formula is C19H20O2. The second-order valence-electron chi connectivity index (χ2n) is 6.45. The van der Waals surface area contributed by atoms with Crippen LogP contribution in [-0.2, 0) is 0 Å². The second-order valence-corrected chi connectivity index (χ2v) is 6.45. The van der Waals surface area contributed by atoms with Gasteiger partial charge in [-0.3, -0.25) is 0 Å². The molecule has 0 spiro atoms. The standard InChI is InChI=1S/C19H20O2/c1-10-5-12(3)18-15(7-10)14-9-17(20-18)21-19-13(4)6-11(2)8-16(14)19/h5-8,14,17H,9H2,1-4H3. The summed E-state index contributed by atoms with van der Waals surface area (Å²) in [5.74, 6) is 2.43. The van der Waals surface area contributed by atoms with Crippen molar-refractivity contribution in [2.45, 2.75) is 46.3 Å².